The normalized spacial score (nSPS) is 14.6. The molecule has 112 valence electrons. The van der Waals surface area contributed by atoms with Crippen LogP contribution in [0.25, 0.3) is 17.2 Å². The average Bonchev–Trinajstić information content (AvgIpc) is 3.08. The van der Waals surface area contributed by atoms with Crippen molar-refractivity contribution in [2.45, 2.75) is 25.9 Å². The standard InChI is InChI=1S/C15H13FN4O2/c16-8-13-18-14-7-10(6-11(21)9-3-4-9)17-15(20(14)19-13)12-2-1-5-22-12/h1-2,5,7,9H,3-4,6,8H2. The summed E-state index contributed by atoms with van der Waals surface area (Å²) < 4.78 is 19.6. The van der Waals surface area contributed by atoms with Crippen molar-refractivity contribution in [1.82, 2.24) is 19.6 Å². The summed E-state index contributed by atoms with van der Waals surface area (Å²) in [4.78, 5) is 20.6. The van der Waals surface area contributed by atoms with Gasteiger partial charge in [-0.05, 0) is 25.0 Å². The first-order valence-electron chi connectivity index (χ1n) is 7.12. The van der Waals surface area contributed by atoms with E-state index in [1.165, 1.54) is 10.8 Å². The lowest BCUT2D eigenvalue weighted by atomic mass is 10.1. The number of carbonyl (C=O) groups is 1. The molecule has 7 heteroatoms. The number of Topliss-reactive ketones (excluding diaryl/α,β-unsaturated/α-hetero) is 1. The number of nitrogens with zero attached hydrogens (tertiary/aromatic N) is 4. The Labute approximate surface area is 125 Å². The lowest BCUT2D eigenvalue weighted by Crippen LogP contribution is -2.09. The molecule has 0 aromatic carbocycles. The van der Waals surface area contributed by atoms with Gasteiger partial charge in [0.05, 0.1) is 12.0 Å². The van der Waals surface area contributed by atoms with E-state index in [9.17, 15) is 9.18 Å². The van der Waals surface area contributed by atoms with Gasteiger partial charge < -0.3 is 4.42 Å². The molecule has 3 aromatic rings. The van der Waals surface area contributed by atoms with Crippen LogP contribution >= 0.6 is 0 Å². The van der Waals surface area contributed by atoms with E-state index in [-0.39, 0.29) is 23.9 Å². The van der Waals surface area contributed by atoms with Crippen molar-refractivity contribution in [3.8, 4) is 11.6 Å². The Hall–Kier alpha value is -2.57. The van der Waals surface area contributed by atoms with Crippen LogP contribution in [0.5, 0.6) is 0 Å². The fourth-order valence-electron chi connectivity index (χ4n) is 2.42. The Morgan fingerprint density at radius 3 is 2.95 bits per heavy atom. The van der Waals surface area contributed by atoms with Gasteiger partial charge in [-0.2, -0.15) is 4.52 Å². The van der Waals surface area contributed by atoms with Crippen molar-refractivity contribution in [2.24, 2.45) is 5.92 Å². The van der Waals surface area contributed by atoms with Crippen LogP contribution in [0.15, 0.2) is 28.9 Å². The van der Waals surface area contributed by atoms with Crippen LogP contribution in [0.3, 0.4) is 0 Å². The zero-order valence-electron chi connectivity index (χ0n) is 11.7. The van der Waals surface area contributed by atoms with Crippen LogP contribution in [0, 0.1) is 5.92 Å². The second kappa shape index (κ2) is 5.01. The van der Waals surface area contributed by atoms with Crippen molar-refractivity contribution in [1.29, 1.82) is 0 Å². The van der Waals surface area contributed by atoms with Crippen molar-refractivity contribution >= 4 is 11.4 Å². The lowest BCUT2D eigenvalue weighted by Gasteiger charge is -2.04. The molecule has 0 atom stereocenters. The summed E-state index contributed by atoms with van der Waals surface area (Å²) in [6.07, 6.45) is 3.71. The first-order chi connectivity index (χ1) is 10.7. The number of carbonyl (C=O) groups excluding carboxylic acids is 1. The third-order valence-electron chi connectivity index (χ3n) is 3.67. The first kappa shape index (κ1) is 13.1. The first-order valence-corrected chi connectivity index (χ1v) is 7.12. The molecule has 0 amide bonds. The van der Waals surface area contributed by atoms with Crippen molar-refractivity contribution in [3.05, 3.63) is 36.0 Å². The molecule has 1 fully saturated rings. The Morgan fingerprint density at radius 2 is 2.27 bits per heavy atom. The molecule has 0 saturated heterocycles. The molecule has 0 unspecified atom stereocenters. The number of rotatable bonds is 5. The Kier molecular flexibility index (Phi) is 2.99. The van der Waals surface area contributed by atoms with Gasteiger partial charge in [0.1, 0.15) is 5.78 Å². The minimum absolute atomic E-state index is 0.0836. The van der Waals surface area contributed by atoms with Gasteiger partial charge in [0.25, 0.3) is 0 Å². The second-order valence-corrected chi connectivity index (χ2v) is 5.40. The third kappa shape index (κ3) is 2.28. The topological polar surface area (TPSA) is 73.3 Å². The van der Waals surface area contributed by atoms with Crippen LogP contribution < -0.4 is 0 Å². The summed E-state index contributed by atoms with van der Waals surface area (Å²) in [6, 6.07) is 5.15. The van der Waals surface area contributed by atoms with E-state index in [0.29, 0.717) is 22.9 Å². The molecule has 4 rings (SSSR count). The molecule has 0 N–H and O–H groups in total. The number of hydrogen-bond donors (Lipinski definition) is 0. The summed E-state index contributed by atoms with van der Waals surface area (Å²) in [6.45, 7) is -0.754. The van der Waals surface area contributed by atoms with Gasteiger partial charge in [-0.1, -0.05) is 0 Å². The van der Waals surface area contributed by atoms with E-state index in [2.05, 4.69) is 15.1 Å². The monoisotopic (exact) mass is 300 g/mol. The van der Waals surface area contributed by atoms with Crippen LogP contribution in [-0.4, -0.2) is 25.4 Å². The molecule has 6 nitrogen and oxygen atoms in total. The Morgan fingerprint density at radius 1 is 1.41 bits per heavy atom. The summed E-state index contributed by atoms with van der Waals surface area (Å²) in [5.74, 6) is 1.37. The van der Waals surface area contributed by atoms with Gasteiger partial charge in [-0.15, -0.1) is 5.10 Å². The predicted molar refractivity (Wildman–Crippen MR) is 74.7 cm³/mol. The van der Waals surface area contributed by atoms with Crippen molar-refractivity contribution in [2.75, 3.05) is 0 Å². The van der Waals surface area contributed by atoms with E-state index < -0.39 is 6.67 Å². The summed E-state index contributed by atoms with van der Waals surface area (Å²) in [7, 11) is 0. The highest BCUT2D eigenvalue weighted by atomic mass is 19.1. The number of halogens is 1. The van der Waals surface area contributed by atoms with Gasteiger partial charge >= 0.3 is 0 Å². The zero-order valence-corrected chi connectivity index (χ0v) is 11.7. The minimum atomic E-state index is -0.754. The van der Waals surface area contributed by atoms with E-state index >= 15 is 0 Å². The van der Waals surface area contributed by atoms with Crippen molar-refractivity contribution in [3.63, 3.8) is 0 Å². The maximum Gasteiger partial charge on any atom is 0.199 e. The Balaban J connectivity index is 1.82. The molecule has 0 radical (unpaired) electrons. The third-order valence-corrected chi connectivity index (χ3v) is 3.67. The molecule has 0 bridgehead atoms. The molecule has 22 heavy (non-hydrogen) atoms. The number of ketones is 1. The lowest BCUT2D eigenvalue weighted by molar-refractivity contribution is -0.119. The minimum Gasteiger partial charge on any atom is -0.461 e. The number of aromatic nitrogens is 4. The van der Waals surface area contributed by atoms with Crippen molar-refractivity contribution < 1.29 is 13.6 Å². The molecular formula is C15H13FN4O2. The fourth-order valence-corrected chi connectivity index (χ4v) is 2.42. The molecule has 1 aliphatic carbocycles. The van der Waals surface area contributed by atoms with E-state index in [1.807, 2.05) is 0 Å². The summed E-state index contributed by atoms with van der Waals surface area (Å²) in [5, 5.41) is 4.08. The molecule has 3 heterocycles. The summed E-state index contributed by atoms with van der Waals surface area (Å²) >= 11 is 0. The van der Waals surface area contributed by atoms with Crippen LogP contribution in [0.4, 0.5) is 4.39 Å². The molecular weight excluding hydrogens is 287 g/mol. The molecule has 0 aliphatic heterocycles. The fraction of sp³-hybridized carbons (Fsp3) is 0.333. The van der Waals surface area contributed by atoms with Gasteiger partial charge in [0.15, 0.2) is 29.7 Å². The van der Waals surface area contributed by atoms with Gasteiger partial charge in [0.2, 0.25) is 0 Å². The van der Waals surface area contributed by atoms with Crippen LogP contribution in [0.2, 0.25) is 0 Å². The predicted octanol–water partition coefficient (Wildman–Crippen LogP) is 2.38. The molecule has 1 saturated carbocycles. The quantitative estimate of drug-likeness (QED) is 0.723. The number of hydrogen-bond acceptors (Lipinski definition) is 5. The molecule has 1 aliphatic rings. The zero-order chi connectivity index (χ0) is 15.1. The highest BCUT2D eigenvalue weighted by Gasteiger charge is 2.29. The maximum atomic E-state index is 12.8. The van der Waals surface area contributed by atoms with Crippen LogP contribution in [-0.2, 0) is 17.9 Å². The van der Waals surface area contributed by atoms with E-state index in [1.54, 1.807) is 18.2 Å². The maximum absolute atomic E-state index is 12.8. The molecule has 0 spiro atoms. The number of furan rings is 1. The summed E-state index contributed by atoms with van der Waals surface area (Å²) in [5.41, 5.74) is 1.07. The molecule has 3 aromatic heterocycles. The number of fused-ring (bicyclic) bond motifs is 1. The van der Waals surface area contributed by atoms with Gasteiger partial charge in [-0.25, -0.2) is 14.4 Å². The van der Waals surface area contributed by atoms with E-state index in [4.69, 9.17) is 4.42 Å². The number of alkyl halides is 1. The van der Waals surface area contributed by atoms with Crippen LogP contribution in [0.1, 0.15) is 24.4 Å². The smallest absolute Gasteiger partial charge is 0.199 e. The highest BCUT2D eigenvalue weighted by Crippen LogP contribution is 2.31. The van der Waals surface area contributed by atoms with E-state index in [0.717, 1.165) is 12.8 Å². The van der Waals surface area contributed by atoms with Gasteiger partial charge in [-0.3, -0.25) is 4.79 Å². The second-order valence-electron chi connectivity index (χ2n) is 5.40. The van der Waals surface area contributed by atoms with Gasteiger partial charge in [0, 0.05) is 18.4 Å². The average molecular weight is 300 g/mol. The SMILES string of the molecule is O=C(Cc1cc2nc(CF)nn2c(-c2ccco2)n1)C1CC1. The Bertz CT molecular complexity index is 837. The largest absolute Gasteiger partial charge is 0.461 e. The highest BCUT2D eigenvalue weighted by molar-refractivity contribution is 5.85.